The quantitative estimate of drug-likeness (QED) is 0.540. The summed E-state index contributed by atoms with van der Waals surface area (Å²) >= 11 is 0. The molecule has 3 nitrogen and oxygen atoms in total. The van der Waals surface area contributed by atoms with Gasteiger partial charge >= 0.3 is 0 Å². The maximum absolute atomic E-state index is 4.80. The minimum Gasteiger partial charge on any atom is -0.342 e. The second-order valence-corrected chi connectivity index (χ2v) is 2.09. The molecule has 0 spiro atoms. The van der Waals surface area contributed by atoms with Crippen molar-refractivity contribution in [1.82, 2.24) is 10.4 Å². The van der Waals surface area contributed by atoms with Crippen LogP contribution in [0.5, 0.6) is 0 Å². The van der Waals surface area contributed by atoms with Crippen LogP contribution in [0.3, 0.4) is 0 Å². The lowest BCUT2D eigenvalue weighted by Crippen LogP contribution is -1.67. The van der Waals surface area contributed by atoms with Crippen LogP contribution in [0.4, 0.5) is 0 Å². The molecule has 0 bridgehead atoms. The molecule has 0 aliphatic heterocycles. The Labute approximate surface area is 46.7 Å². The van der Waals surface area contributed by atoms with Gasteiger partial charge in [0.05, 0.1) is 6.20 Å². The number of aromatic nitrogens is 2. The highest BCUT2D eigenvalue weighted by molar-refractivity contribution is 5.04. The Bertz CT molecular complexity index is 167. The topological polar surface area (TPSA) is 38.9 Å². The molecule has 1 aromatic heterocycles. The maximum Gasteiger partial charge on any atom is 0.160 e. The molecule has 0 N–H and O–H groups in total. The van der Waals surface area contributed by atoms with Crippen molar-refractivity contribution in [3.8, 4) is 0 Å². The van der Waals surface area contributed by atoms with Gasteiger partial charge in [0.2, 0.25) is 0 Å². The van der Waals surface area contributed by atoms with E-state index in [1.54, 1.807) is 6.20 Å². The van der Waals surface area contributed by atoms with Crippen LogP contribution in [0.25, 0.3) is 0 Å². The van der Waals surface area contributed by atoms with Crippen molar-refractivity contribution >= 4 is 0 Å². The zero-order valence-electron chi connectivity index (χ0n) is 4.37. The molecule has 42 valence electrons. The minimum atomic E-state index is 0.644. The molecular weight excluding hydrogens is 104 g/mol. The van der Waals surface area contributed by atoms with E-state index in [-0.39, 0.29) is 0 Å². The summed E-state index contributed by atoms with van der Waals surface area (Å²) in [6, 6.07) is 0. The monoisotopic (exact) mass is 110 g/mol. The molecule has 2 rings (SSSR count). The van der Waals surface area contributed by atoms with Gasteiger partial charge in [-0.3, -0.25) is 0 Å². The molecule has 3 heteroatoms. The summed E-state index contributed by atoms with van der Waals surface area (Å²) in [7, 11) is 0. The molecule has 1 aromatic rings. The van der Waals surface area contributed by atoms with E-state index in [0.717, 1.165) is 5.76 Å². The van der Waals surface area contributed by atoms with Crippen molar-refractivity contribution in [2.24, 2.45) is 0 Å². The Balaban J connectivity index is 2.28. The highest BCUT2D eigenvalue weighted by Gasteiger charge is 2.27. The van der Waals surface area contributed by atoms with Crippen LogP contribution in [0, 0.1) is 0 Å². The molecule has 0 radical (unpaired) electrons. The van der Waals surface area contributed by atoms with Crippen molar-refractivity contribution in [1.29, 1.82) is 0 Å². The summed E-state index contributed by atoms with van der Waals surface area (Å²) in [6.07, 6.45) is 4.19. The predicted molar refractivity (Wildman–Crippen MR) is 26.3 cm³/mol. The first-order valence-corrected chi connectivity index (χ1v) is 2.74. The highest BCUT2D eigenvalue weighted by atomic mass is 16.5. The number of rotatable bonds is 1. The highest BCUT2D eigenvalue weighted by Crippen LogP contribution is 2.39. The van der Waals surface area contributed by atoms with Gasteiger partial charge in [-0.05, 0) is 12.8 Å². The number of hydrogen-bond donors (Lipinski definition) is 0. The first-order chi connectivity index (χ1) is 3.97. The second-order valence-electron chi connectivity index (χ2n) is 2.09. The summed E-state index contributed by atoms with van der Waals surface area (Å²) in [5.74, 6) is 1.59. The molecule has 0 amide bonds. The van der Waals surface area contributed by atoms with E-state index in [1.165, 1.54) is 12.8 Å². The maximum atomic E-state index is 4.80. The normalized spacial score (nSPS) is 19.0. The largest absolute Gasteiger partial charge is 0.342 e. The first kappa shape index (κ1) is 4.06. The van der Waals surface area contributed by atoms with Crippen LogP contribution in [0.2, 0.25) is 0 Å². The third-order valence-electron chi connectivity index (χ3n) is 1.36. The average Bonchev–Trinajstić information content (AvgIpc) is 2.49. The van der Waals surface area contributed by atoms with Gasteiger partial charge < -0.3 is 4.52 Å². The molecule has 1 aliphatic carbocycles. The molecule has 1 saturated carbocycles. The van der Waals surface area contributed by atoms with E-state index in [9.17, 15) is 0 Å². The van der Waals surface area contributed by atoms with Gasteiger partial charge in [0.15, 0.2) is 5.76 Å². The van der Waals surface area contributed by atoms with E-state index in [2.05, 4.69) is 10.4 Å². The van der Waals surface area contributed by atoms with Crippen LogP contribution >= 0.6 is 0 Å². The fraction of sp³-hybridized carbons (Fsp3) is 0.600. The van der Waals surface area contributed by atoms with Crippen molar-refractivity contribution in [3.05, 3.63) is 12.0 Å². The summed E-state index contributed by atoms with van der Waals surface area (Å²) in [6.45, 7) is 0. The smallest absolute Gasteiger partial charge is 0.160 e. The molecule has 1 aliphatic rings. The zero-order chi connectivity index (χ0) is 5.40. The van der Waals surface area contributed by atoms with E-state index >= 15 is 0 Å². The van der Waals surface area contributed by atoms with Gasteiger partial charge in [-0.15, -0.1) is 5.10 Å². The Morgan fingerprint density at radius 2 is 2.50 bits per heavy atom. The molecule has 1 heterocycles. The standard InChI is InChI=1S/C5H6N2O/c1-2-4(1)5-3-6-7-8-5/h3-4H,1-2H2. The average molecular weight is 110 g/mol. The molecule has 0 saturated heterocycles. The Kier molecular flexibility index (Phi) is 0.664. The van der Waals surface area contributed by atoms with Crippen LogP contribution in [0.1, 0.15) is 24.5 Å². The lowest BCUT2D eigenvalue weighted by atomic mass is 10.3. The van der Waals surface area contributed by atoms with E-state index in [4.69, 9.17) is 4.52 Å². The third kappa shape index (κ3) is 0.510. The lowest BCUT2D eigenvalue weighted by molar-refractivity contribution is 0.363. The van der Waals surface area contributed by atoms with Crippen LogP contribution in [-0.4, -0.2) is 10.4 Å². The first-order valence-electron chi connectivity index (χ1n) is 2.74. The van der Waals surface area contributed by atoms with Crippen molar-refractivity contribution in [2.45, 2.75) is 18.8 Å². The third-order valence-corrected chi connectivity index (χ3v) is 1.36. The Morgan fingerprint density at radius 1 is 1.62 bits per heavy atom. The second kappa shape index (κ2) is 1.31. The van der Waals surface area contributed by atoms with Gasteiger partial charge in [-0.2, -0.15) is 0 Å². The fourth-order valence-corrected chi connectivity index (χ4v) is 0.723. The number of nitrogens with zero attached hydrogens (tertiary/aromatic N) is 2. The van der Waals surface area contributed by atoms with E-state index in [0.29, 0.717) is 5.92 Å². The predicted octanol–water partition coefficient (Wildman–Crippen LogP) is 0.947. The van der Waals surface area contributed by atoms with Crippen LogP contribution < -0.4 is 0 Å². The molecule has 0 aromatic carbocycles. The van der Waals surface area contributed by atoms with Gasteiger partial charge in [-0.25, -0.2) is 0 Å². The van der Waals surface area contributed by atoms with Crippen LogP contribution in [0.15, 0.2) is 10.7 Å². The van der Waals surface area contributed by atoms with E-state index < -0.39 is 0 Å². The summed E-state index contributed by atoms with van der Waals surface area (Å²) < 4.78 is 4.80. The van der Waals surface area contributed by atoms with Crippen molar-refractivity contribution < 1.29 is 4.52 Å². The molecule has 1 fully saturated rings. The van der Waals surface area contributed by atoms with Crippen molar-refractivity contribution in [3.63, 3.8) is 0 Å². The Hall–Kier alpha value is -0.860. The Morgan fingerprint density at radius 3 is 3.00 bits per heavy atom. The summed E-state index contributed by atoms with van der Waals surface area (Å²) in [5, 5.41) is 6.93. The fourth-order valence-electron chi connectivity index (χ4n) is 0.723. The molecule has 0 unspecified atom stereocenters. The number of hydrogen-bond acceptors (Lipinski definition) is 3. The molecule has 8 heavy (non-hydrogen) atoms. The minimum absolute atomic E-state index is 0.644. The van der Waals surface area contributed by atoms with Crippen molar-refractivity contribution in [2.75, 3.05) is 0 Å². The summed E-state index contributed by atoms with van der Waals surface area (Å²) in [4.78, 5) is 0. The zero-order valence-corrected chi connectivity index (χ0v) is 4.37. The SMILES string of the molecule is c1nnoc1C1CC1. The lowest BCUT2D eigenvalue weighted by Gasteiger charge is -1.77. The molecular formula is C5H6N2O. The van der Waals surface area contributed by atoms with E-state index in [1.807, 2.05) is 0 Å². The van der Waals surface area contributed by atoms with Gasteiger partial charge in [0, 0.05) is 11.2 Å². The van der Waals surface area contributed by atoms with Gasteiger partial charge in [0.1, 0.15) is 0 Å². The summed E-state index contributed by atoms with van der Waals surface area (Å²) in [5.41, 5.74) is 0. The van der Waals surface area contributed by atoms with Crippen LogP contribution in [-0.2, 0) is 0 Å². The van der Waals surface area contributed by atoms with Gasteiger partial charge in [-0.1, -0.05) is 0 Å². The molecule has 0 atom stereocenters. The van der Waals surface area contributed by atoms with Gasteiger partial charge in [0.25, 0.3) is 0 Å².